The summed E-state index contributed by atoms with van der Waals surface area (Å²) in [6.07, 6.45) is 1.69. The number of nitrogens with zero attached hydrogens (tertiary/aromatic N) is 2. The summed E-state index contributed by atoms with van der Waals surface area (Å²) in [6, 6.07) is 7.53. The molecule has 15 heteroatoms. The number of hydrogen-bond donors (Lipinski definition) is 0. The molecule has 0 spiro atoms. The SMILES string of the molecule is CCOC(=O)COc1c(I)cc(/C=c2\sc3n(c2=O)[C@H](c2ccc(OCC(=O)OC)c(OCC)c2)C(C(=O)OCC)=C(C)N=3)cc1OC. The van der Waals surface area contributed by atoms with Crippen LogP contribution >= 0.6 is 33.9 Å². The molecule has 0 fully saturated rings. The van der Waals surface area contributed by atoms with E-state index in [0.29, 0.717) is 47.0 Å². The second-order valence-corrected chi connectivity index (χ2v) is 12.1. The van der Waals surface area contributed by atoms with Crippen molar-refractivity contribution in [2.75, 3.05) is 47.3 Å². The highest BCUT2D eigenvalue weighted by atomic mass is 127. The summed E-state index contributed by atoms with van der Waals surface area (Å²) in [5.74, 6) is -0.363. The number of rotatable bonds is 14. The minimum atomic E-state index is -0.912. The number of benzene rings is 2. The van der Waals surface area contributed by atoms with E-state index in [1.165, 1.54) is 18.8 Å². The van der Waals surface area contributed by atoms with E-state index >= 15 is 0 Å². The molecule has 48 heavy (non-hydrogen) atoms. The van der Waals surface area contributed by atoms with Crippen LogP contribution in [0, 0.1) is 3.57 Å². The summed E-state index contributed by atoms with van der Waals surface area (Å²) in [4.78, 5) is 56.1. The molecular formula is C33H35IN2O11S. The molecule has 4 rings (SSSR count). The van der Waals surface area contributed by atoms with Gasteiger partial charge in [0.2, 0.25) is 0 Å². The molecule has 1 aromatic heterocycles. The smallest absolute Gasteiger partial charge is 0.344 e. The number of ether oxygens (including phenoxy) is 7. The Kier molecular flexibility index (Phi) is 12.6. The zero-order valence-corrected chi connectivity index (χ0v) is 30.2. The molecule has 3 aromatic rings. The Balaban J connectivity index is 1.84. The molecule has 0 saturated heterocycles. The van der Waals surface area contributed by atoms with Gasteiger partial charge in [-0.3, -0.25) is 9.36 Å². The molecular weight excluding hydrogens is 759 g/mol. The van der Waals surface area contributed by atoms with E-state index in [1.807, 2.05) is 0 Å². The first-order valence-corrected chi connectivity index (χ1v) is 16.8. The molecule has 0 unspecified atom stereocenters. The first-order chi connectivity index (χ1) is 23.1. The summed E-state index contributed by atoms with van der Waals surface area (Å²) in [6.45, 7) is 6.91. The fourth-order valence-corrected chi connectivity index (χ4v) is 6.66. The van der Waals surface area contributed by atoms with Crippen LogP contribution in [0.4, 0.5) is 0 Å². The topological polar surface area (TPSA) is 150 Å². The minimum Gasteiger partial charge on any atom is -0.493 e. The molecule has 0 N–H and O–H groups in total. The molecule has 1 aliphatic heterocycles. The highest BCUT2D eigenvalue weighted by Crippen LogP contribution is 2.37. The molecule has 0 amide bonds. The average Bonchev–Trinajstić information content (AvgIpc) is 3.36. The van der Waals surface area contributed by atoms with Crippen LogP contribution in [0.5, 0.6) is 23.0 Å². The molecule has 256 valence electrons. The fraction of sp³-hybridized carbons (Fsp3) is 0.364. The molecule has 0 saturated carbocycles. The molecule has 13 nitrogen and oxygen atoms in total. The number of carbonyl (C=O) groups is 3. The Morgan fingerprint density at radius 1 is 0.917 bits per heavy atom. The van der Waals surface area contributed by atoms with Crippen molar-refractivity contribution in [3.8, 4) is 23.0 Å². The highest BCUT2D eigenvalue weighted by Gasteiger charge is 2.34. The van der Waals surface area contributed by atoms with Gasteiger partial charge in [0.1, 0.15) is 0 Å². The largest absolute Gasteiger partial charge is 0.493 e. The van der Waals surface area contributed by atoms with Crippen molar-refractivity contribution >= 4 is 57.9 Å². The number of hydrogen-bond acceptors (Lipinski definition) is 13. The lowest BCUT2D eigenvalue weighted by atomic mass is 9.95. The van der Waals surface area contributed by atoms with Crippen molar-refractivity contribution in [3.05, 3.63) is 76.0 Å². The number of halogens is 1. The first kappa shape index (κ1) is 36.5. The van der Waals surface area contributed by atoms with Crippen molar-refractivity contribution in [2.45, 2.75) is 33.7 Å². The van der Waals surface area contributed by atoms with E-state index in [4.69, 9.17) is 28.4 Å². The van der Waals surface area contributed by atoms with E-state index in [0.717, 1.165) is 11.3 Å². The van der Waals surface area contributed by atoms with Crippen LogP contribution < -0.4 is 33.8 Å². The number of esters is 3. The van der Waals surface area contributed by atoms with E-state index in [9.17, 15) is 19.2 Å². The maximum atomic E-state index is 14.2. The summed E-state index contributed by atoms with van der Waals surface area (Å²) in [7, 11) is 2.73. The summed E-state index contributed by atoms with van der Waals surface area (Å²) in [5, 5.41) is 0. The third-order valence-electron chi connectivity index (χ3n) is 6.86. The zero-order chi connectivity index (χ0) is 35.0. The van der Waals surface area contributed by atoms with Crippen LogP contribution in [0.3, 0.4) is 0 Å². The maximum Gasteiger partial charge on any atom is 0.344 e. The van der Waals surface area contributed by atoms with Gasteiger partial charge in [-0.15, -0.1) is 0 Å². The molecule has 1 aliphatic rings. The fourth-order valence-electron chi connectivity index (χ4n) is 4.83. The third-order valence-corrected chi connectivity index (χ3v) is 8.65. The molecule has 0 aliphatic carbocycles. The molecule has 2 heterocycles. The van der Waals surface area contributed by atoms with Gasteiger partial charge in [-0.05, 0) is 91.8 Å². The highest BCUT2D eigenvalue weighted by molar-refractivity contribution is 14.1. The standard InChI is InChI=1S/C33H35IN2O11S/c1-7-43-23-15-20(10-11-22(23)46-16-26(37)42-6)29-28(32(40)45-9-3)18(4)35-33-36(29)31(39)25(48-33)14-19-12-21(34)30(24(13-19)41-5)47-17-27(38)44-8-2/h10-15,29H,7-9,16-17H2,1-6H3/b25-14-/t29-/m1/s1. The Morgan fingerprint density at radius 2 is 1.65 bits per heavy atom. The number of carbonyl (C=O) groups excluding carboxylic acids is 3. The van der Waals surface area contributed by atoms with Crippen molar-refractivity contribution < 1.29 is 47.5 Å². The number of methoxy groups -OCH3 is 2. The second kappa shape index (κ2) is 16.6. The Hall–Kier alpha value is -4.38. The number of fused-ring (bicyclic) bond motifs is 1. The monoisotopic (exact) mass is 794 g/mol. The molecule has 2 aromatic carbocycles. The Labute approximate surface area is 293 Å². The van der Waals surface area contributed by atoms with Gasteiger partial charge in [0.25, 0.3) is 5.56 Å². The van der Waals surface area contributed by atoms with Gasteiger partial charge in [0.15, 0.2) is 41.0 Å². The van der Waals surface area contributed by atoms with Gasteiger partial charge in [0, 0.05) is 0 Å². The van der Waals surface area contributed by atoms with Gasteiger partial charge in [-0.1, -0.05) is 17.4 Å². The predicted octanol–water partition coefficient (Wildman–Crippen LogP) is 3.30. The van der Waals surface area contributed by atoms with Crippen LogP contribution in [0.1, 0.15) is 44.9 Å². The third kappa shape index (κ3) is 8.18. The number of aromatic nitrogens is 1. The Morgan fingerprint density at radius 3 is 2.31 bits per heavy atom. The van der Waals surface area contributed by atoms with Crippen LogP contribution in [0.25, 0.3) is 6.08 Å². The summed E-state index contributed by atoms with van der Waals surface area (Å²) < 4.78 is 40.1. The first-order valence-electron chi connectivity index (χ1n) is 14.9. The molecule has 1 atom stereocenters. The maximum absolute atomic E-state index is 14.2. The van der Waals surface area contributed by atoms with Crippen molar-refractivity contribution in [2.24, 2.45) is 4.99 Å². The van der Waals surface area contributed by atoms with Gasteiger partial charge in [-0.25, -0.2) is 19.4 Å². The van der Waals surface area contributed by atoms with Gasteiger partial charge >= 0.3 is 17.9 Å². The Bertz CT molecular complexity index is 1910. The summed E-state index contributed by atoms with van der Waals surface area (Å²) in [5.41, 5.74) is 1.37. The normalized spacial score (nSPS) is 14.1. The average molecular weight is 795 g/mol. The van der Waals surface area contributed by atoms with Crippen LogP contribution in [0.2, 0.25) is 0 Å². The van der Waals surface area contributed by atoms with Crippen molar-refractivity contribution in [1.82, 2.24) is 4.57 Å². The van der Waals surface area contributed by atoms with Crippen molar-refractivity contribution in [3.63, 3.8) is 0 Å². The lowest BCUT2D eigenvalue weighted by Gasteiger charge is -2.25. The van der Waals surface area contributed by atoms with Crippen molar-refractivity contribution in [1.29, 1.82) is 0 Å². The van der Waals surface area contributed by atoms with E-state index < -0.39 is 29.5 Å². The molecule has 0 radical (unpaired) electrons. The predicted molar refractivity (Wildman–Crippen MR) is 183 cm³/mol. The van der Waals surface area contributed by atoms with Crippen LogP contribution in [-0.4, -0.2) is 69.7 Å². The quantitative estimate of drug-likeness (QED) is 0.134. The zero-order valence-electron chi connectivity index (χ0n) is 27.2. The van der Waals surface area contributed by atoms with Crippen LogP contribution in [-0.2, 0) is 28.6 Å². The van der Waals surface area contributed by atoms with Gasteiger partial charge in [-0.2, -0.15) is 0 Å². The second-order valence-electron chi connectivity index (χ2n) is 9.93. The minimum absolute atomic E-state index is 0.122. The lowest BCUT2D eigenvalue weighted by molar-refractivity contribution is -0.145. The molecule has 0 bridgehead atoms. The summed E-state index contributed by atoms with van der Waals surface area (Å²) >= 11 is 3.22. The van der Waals surface area contributed by atoms with E-state index in [1.54, 1.807) is 64.1 Å². The number of allylic oxidation sites excluding steroid dienone is 1. The van der Waals surface area contributed by atoms with Gasteiger partial charge in [0.05, 0.1) is 59.5 Å². The number of thiazole rings is 1. The van der Waals surface area contributed by atoms with E-state index in [2.05, 4.69) is 32.3 Å². The van der Waals surface area contributed by atoms with Crippen LogP contribution in [0.15, 0.2) is 51.4 Å². The van der Waals surface area contributed by atoms with Gasteiger partial charge < -0.3 is 33.2 Å². The van der Waals surface area contributed by atoms with E-state index in [-0.39, 0.29) is 44.4 Å². The lowest BCUT2D eigenvalue weighted by Crippen LogP contribution is -2.40.